The molecule has 10 rings (SSSR count). The minimum atomic E-state index is -0.0469. The number of hydrogen-bond donors (Lipinski definition) is 0. The van der Waals surface area contributed by atoms with Crippen LogP contribution in [0.4, 0.5) is 17.1 Å². The summed E-state index contributed by atoms with van der Waals surface area (Å²) in [7, 11) is 0. The lowest BCUT2D eigenvalue weighted by Gasteiger charge is -2.31. The molecule has 0 bridgehead atoms. The lowest BCUT2D eigenvalue weighted by atomic mass is 9.78. The quantitative estimate of drug-likeness (QED) is 0.164. The number of fused-ring (bicyclic) bond motifs is 9. The van der Waals surface area contributed by atoms with Gasteiger partial charge in [0.1, 0.15) is 0 Å². The number of para-hydroxylation sites is 2. The zero-order valence-electron chi connectivity index (χ0n) is 36.3. The first-order valence-electron chi connectivity index (χ1n) is 22.1. The summed E-state index contributed by atoms with van der Waals surface area (Å²) in [6.07, 6.45) is 24.2. The Morgan fingerprint density at radius 2 is 1.36 bits per heavy atom. The number of anilines is 3. The second-order valence-corrected chi connectivity index (χ2v) is 15.4. The molecule has 0 atom stereocenters. The fourth-order valence-electron chi connectivity index (χ4n) is 9.95. The molecular weight excluding hydrogens is 701 g/mol. The van der Waals surface area contributed by atoms with E-state index in [1.54, 1.807) is 11.1 Å². The number of benzene rings is 5. The number of nitrogens with zero attached hydrogens (tertiary/aromatic N) is 2. The molecule has 5 aromatic carbocycles. The second kappa shape index (κ2) is 17.5. The molecular formula is C56H62N2. The van der Waals surface area contributed by atoms with Crippen molar-refractivity contribution >= 4 is 61.9 Å². The van der Waals surface area contributed by atoms with E-state index in [4.69, 9.17) is 0 Å². The van der Waals surface area contributed by atoms with E-state index in [1.807, 2.05) is 41.5 Å². The second-order valence-electron chi connectivity index (χ2n) is 15.4. The fourth-order valence-corrected chi connectivity index (χ4v) is 9.95. The van der Waals surface area contributed by atoms with Crippen molar-refractivity contribution in [3.05, 3.63) is 173 Å². The van der Waals surface area contributed by atoms with Gasteiger partial charge >= 0.3 is 0 Å². The van der Waals surface area contributed by atoms with Crippen molar-refractivity contribution in [2.75, 3.05) is 4.90 Å². The number of allylic oxidation sites excluding steroid dienone is 9. The summed E-state index contributed by atoms with van der Waals surface area (Å²) >= 11 is 0. The molecule has 0 saturated carbocycles. The van der Waals surface area contributed by atoms with Gasteiger partial charge in [-0.15, -0.1) is 0 Å². The Morgan fingerprint density at radius 1 is 0.655 bits per heavy atom. The van der Waals surface area contributed by atoms with Crippen LogP contribution < -0.4 is 4.90 Å². The molecule has 0 radical (unpaired) electrons. The van der Waals surface area contributed by atoms with E-state index < -0.39 is 0 Å². The largest absolute Gasteiger partial charge is 0.316 e. The van der Waals surface area contributed by atoms with Gasteiger partial charge in [0.2, 0.25) is 0 Å². The van der Waals surface area contributed by atoms with E-state index in [0.717, 1.165) is 25.7 Å². The van der Waals surface area contributed by atoms with Gasteiger partial charge in [-0.3, -0.25) is 0 Å². The van der Waals surface area contributed by atoms with Crippen molar-refractivity contribution in [2.24, 2.45) is 5.41 Å². The van der Waals surface area contributed by atoms with Gasteiger partial charge in [0.25, 0.3) is 0 Å². The zero-order valence-corrected chi connectivity index (χ0v) is 36.3. The lowest BCUT2D eigenvalue weighted by Crippen LogP contribution is -2.14. The minimum Gasteiger partial charge on any atom is -0.316 e. The maximum absolute atomic E-state index is 4.25. The van der Waals surface area contributed by atoms with E-state index >= 15 is 0 Å². The van der Waals surface area contributed by atoms with Gasteiger partial charge in [-0.05, 0) is 137 Å². The molecule has 0 N–H and O–H groups in total. The molecule has 4 aliphatic rings. The summed E-state index contributed by atoms with van der Waals surface area (Å²) in [4.78, 5) is 2.51. The van der Waals surface area contributed by atoms with Gasteiger partial charge in [0.15, 0.2) is 0 Å². The Kier molecular flexibility index (Phi) is 12.2. The van der Waals surface area contributed by atoms with Gasteiger partial charge in [0.05, 0.1) is 16.7 Å². The summed E-state index contributed by atoms with van der Waals surface area (Å²) in [5, 5.41) is 5.40. The average molecular weight is 763 g/mol. The highest BCUT2D eigenvalue weighted by atomic mass is 15.1. The van der Waals surface area contributed by atoms with Crippen LogP contribution in [0.15, 0.2) is 150 Å². The van der Waals surface area contributed by atoms with Gasteiger partial charge in [-0.1, -0.05) is 147 Å². The van der Waals surface area contributed by atoms with Gasteiger partial charge < -0.3 is 9.47 Å². The van der Waals surface area contributed by atoms with Crippen LogP contribution in [0.1, 0.15) is 103 Å². The van der Waals surface area contributed by atoms with Crippen LogP contribution in [0.3, 0.4) is 0 Å². The number of rotatable bonds is 6. The highest BCUT2D eigenvalue weighted by Crippen LogP contribution is 2.52. The van der Waals surface area contributed by atoms with Crippen LogP contribution in [0, 0.1) is 5.41 Å². The summed E-state index contributed by atoms with van der Waals surface area (Å²) in [6.45, 7) is 21.0. The highest BCUT2D eigenvalue weighted by molar-refractivity contribution is 6.11. The van der Waals surface area contributed by atoms with E-state index in [1.165, 1.54) is 102 Å². The van der Waals surface area contributed by atoms with Crippen LogP contribution >= 0.6 is 0 Å². The first-order chi connectivity index (χ1) is 28.5. The Labute approximate surface area is 348 Å². The molecule has 0 fully saturated rings. The van der Waals surface area contributed by atoms with E-state index in [0.29, 0.717) is 0 Å². The Balaban J connectivity index is 0.000000818. The molecule has 58 heavy (non-hydrogen) atoms. The van der Waals surface area contributed by atoms with Gasteiger partial charge in [-0.25, -0.2) is 0 Å². The third-order valence-corrected chi connectivity index (χ3v) is 12.4. The smallest absolute Gasteiger partial charge is 0.0555 e. The van der Waals surface area contributed by atoms with Crippen molar-refractivity contribution in [1.82, 2.24) is 4.57 Å². The number of aromatic nitrogens is 1. The maximum atomic E-state index is 4.25. The van der Waals surface area contributed by atoms with Crippen LogP contribution in [-0.2, 0) is 19.3 Å². The lowest BCUT2D eigenvalue weighted by molar-refractivity contribution is 0.552. The van der Waals surface area contributed by atoms with Crippen LogP contribution in [0.2, 0.25) is 0 Å². The number of aryl methyl sites for hydroxylation is 2. The average Bonchev–Trinajstić information content (AvgIpc) is 3.96. The third kappa shape index (κ3) is 6.71. The first-order valence-corrected chi connectivity index (χ1v) is 22.1. The van der Waals surface area contributed by atoms with Crippen molar-refractivity contribution in [1.29, 1.82) is 0 Å². The van der Waals surface area contributed by atoms with E-state index in [-0.39, 0.29) is 5.41 Å². The van der Waals surface area contributed by atoms with E-state index in [2.05, 4.69) is 164 Å². The van der Waals surface area contributed by atoms with Crippen LogP contribution in [0.25, 0.3) is 44.9 Å². The topological polar surface area (TPSA) is 8.17 Å². The molecule has 4 aliphatic carbocycles. The standard InChI is InChI=1S/C50H44N2.3C2H6/c1-4-35-39-23-14-25-44(39)50(2,3)45(35)30-31-51-46-26-13-12-21-40(46)41-29-28-34(32-48(41)51)52(33-16-6-5-7-17-33)47-27-15-24-43-38-19-9-8-18-36(38)37-20-10-11-22-42(37)49(43)47;3*1-2/h4-7,10,12-17,20-21,23-24,26-32H,1,8-9,11,18-19,22,25H2,2-3H3;3*1-2H3/b31-30-;;;. The summed E-state index contributed by atoms with van der Waals surface area (Å²) < 4.78 is 2.41. The summed E-state index contributed by atoms with van der Waals surface area (Å²) in [5.41, 5.74) is 17.6. The monoisotopic (exact) mass is 762 g/mol. The molecule has 0 unspecified atom stereocenters. The van der Waals surface area contributed by atoms with Gasteiger partial charge in [0, 0.05) is 39.1 Å². The molecule has 296 valence electrons. The SMILES string of the molecule is C=CC1=C(/C=C\n2c3ccccc3c3ccc(N(c4ccccc4)c4cccc5c6c(c7c(c45)CCC=C7)CCCC6)cc32)C(C)(C)C2=C1C=CC2.CC.CC.CC. The maximum Gasteiger partial charge on any atom is 0.0555 e. The Morgan fingerprint density at radius 3 is 2.14 bits per heavy atom. The summed E-state index contributed by atoms with van der Waals surface area (Å²) in [5.74, 6) is 0. The fraction of sp³-hybridized carbons (Fsp3) is 0.286. The predicted octanol–water partition coefficient (Wildman–Crippen LogP) is 16.6. The van der Waals surface area contributed by atoms with Crippen molar-refractivity contribution in [3.8, 4) is 0 Å². The van der Waals surface area contributed by atoms with Crippen LogP contribution in [0.5, 0.6) is 0 Å². The molecule has 0 spiro atoms. The van der Waals surface area contributed by atoms with Crippen molar-refractivity contribution in [2.45, 2.75) is 100 Å². The third-order valence-electron chi connectivity index (χ3n) is 12.4. The van der Waals surface area contributed by atoms with Crippen LogP contribution in [-0.4, -0.2) is 4.57 Å². The molecule has 2 heteroatoms. The molecule has 0 aliphatic heterocycles. The van der Waals surface area contributed by atoms with Crippen molar-refractivity contribution in [3.63, 3.8) is 0 Å². The predicted molar refractivity (Wildman–Crippen MR) is 257 cm³/mol. The molecule has 0 amide bonds. The molecule has 1 heterocycles. The highest BCUT2D eigenvalue weighted by Gasteiger charge is 2.38. The van der Waals surface area contributed by atoms with Gasteiger partial charge in [-0.2, -0.15) is 0 Å². The first kappa shape index (κ1) is 40.6. The molecule has 2 nitrogen and oxygen atoms in total. The molecule has 1 aromatic heterocycles. The molecule has 6 aromatic rings. The van der Waals surface area contributed by atoms with Crippen molar-refractivity contribution < 1.29 is 0 Å². The van der Waals surface area contributed by atoms with E-state index in [9.17, 15) is 0 Å². The zero-order chi connectivity index (χ0) is 41.0. The Hall–Kier alpha value is -5.60. The minimum absolute atomic E-state index is 0.0469. The summed E-state index contributed by atoms with van der Waals surface area (Å²) in [6, 6.07) is 33.9. The Bertz CT molecular complexity index is 2630. The molecule has 0 saturated heterocycles. The number of hydrogen-bond acceptors (Lipinski definition) is 1. The normalized spacial score (nSPS) is 16.0.